The number of hydrogen-bond donors (Lipinski definition) is 3. The summed E-state index contributed by atoms with van der Waals surface area (Å²) in [5.74, 6) is 0.807. The molecule has 1 aromatic carbocycles. The van der Waals surface area contributed by atoms with Crippen LogP contribution in [0.5, 0.6) is 5.75 Å². The quantitative estimate of drug-likeness (QED) is 0.811. The van der Waals surface area contributed by atoms with E-state index < -0.39 is 0 Å². The van der Waals surface area contributed by atoms with E-state index >= 15 is 0 Å². The van der Waals surface area contributed by atoms with Crippen LogP contribution >= 0.6 is 0 Å². The fourth-order valence-electron chi connectivity index (χ4n) is 3.01. The molecule has 0 saturated heterocycles. The summed E-state index contributed by atoms with van der Waals surface area (Å²) >= 11 is 0. The average Bonchev–Trinajstić information content (AvgIpc) is 3.07. The fraction of sp³-hybridized carbons (Fsp3) is 0.412. The first-order chi connectivity index (χ1) is 11.0. The van der Waals surface area contributed by atoms with Gasteiger partial charge in [0.1, 0.15) is 5.75 Å². The van der Waals surface area contributed by atoms with Crippen LogP contribution in [0.1, 0.15) is 37.4 Å². The number of anilines is 1. The summed E-state index contributed by atoms with van der Waals surface area (Å²) in [6, 6.07) is 5.12. The second-order valence-electron chi connectivity index (χ2n) is 6.38. The fourth-order valence-corrected chi connectivity index (χ4v) is 3.01. The summed E-state index contributed by atoms with van der Waals surface area (Å²) in [5.41, 5.74) is 2.61. The molecule has 0 aliphatic heterocycles. The molecule has 6 nitrogen and oxygen atoms in total. The van der Waals surface area contributed by atoms with E-state index in [4.69, 9.17) is 0 Å². The van der Waals surface area contributed by atoms with Crippen LogP contribution in [0.15, 0.2) is 30.6 Å². The Morgan fingerprint density at radius 2 is 2.30 bits per heavy atom. The Hall–Kier alpha value is -2.50. The topological polar surface area (TPSA) is 79.2 Å². The summed E-state index contributed by atoms with van der Waals surface area (Å²) < 4.78 is 1.82. The molecule has 1 unspecified atom stereocenters. The molecule has 1 heterocycles. The van der Waals surface area contributed by atoms with Gasteiger partial charge in [-0.2, -0.15) is 5.10 Å². The van der Waals surface area contributed by atoms with Gasteiger partial charge in [-0.25, -0.2) is 4.79 Å². The summed E-state index contributed by atoms with van der Waals surface area (Å²) in [5, 5.41) is 19.9. The molecular formula is C17H22N4O2. The summed E-state index contributed by atoms with van der Waals surface area (Å²) in [4.78, 5) is 12.2. The minimum absolute atomic E-state index is 0.0668. The van der Waals surface area contributed by atoms with E-state index in [1.54, 1.807) is 12.3 Å². The van der Waals surface area contributed by atoms with E-state index in [1.165, 1.54) is 0 Å². The van der Waals surface area contributed by atoms with Gasteiger partial charge in [-0.1, -0.05) is 26.0 Å². The van der Waals surface area contributed by atoms with Crippen LogP contribution in [0, 0.1) is 5.92 Å². The van der Waals surface area contributed by atoms with E-state index in [1.807, 2.05) is 23.0 Å². The molecule has 3 rings (SSSR count). The van der Waals surface area contributed by atoms with Crippen molar-refractivity contribution < 1.29 is 9.90 Å². The predicted octanol–water partition coefficient (Wildman–Crippen LogP) is 3.05. The Labute approximate surface area is 135 Å². The smallest absolute Gasteiger partial charge is 0.319 e. The predicted molar refractivity (Wildman–Crippen MR) is 88.4 cm³/mol. The van der Waals surface area contributed by atoms with Crippen molar-refractivity contribution in [1.82, 2.24) is 15.1 Å². The molecule has 1 aliphatic rings. The van der Waals surface area contributed by atoms with Gasteiger partial charge in [-0.15, -0.1) is 0 Å². The zero-order valence-corrected chi connectivity index (χ0v) is 13.4. The van der Waals surface area contributed by atoms with Crippen molar-refractivity contribution in [2.75, 3.05) is 5.32 Å². The lowest BCUT2D eigenvalue weighted by Gasteiger charge is -2.14. The molecule has 2 aromatic rings. The van der Waals surface area contributed by atoms with Crippen LogP contribution in [0.4, 0.5) is 10.5 Å². The van der Waals surface area contributed by atoms with Crippen LogP contribution < -0.4 is 10.6 Å². The first-order valence-corrected chi connectivity index (χ1v) is 7.93. The van der Waals surface area contributed by atoms with Crippen molar-refractivity contribution in [2.24, 2.45) is 5.92 Å². The van der Waals surface area contributed by atoms with Crippen molar-refractivity contribution in [3.8, 4) is 5.75 Å². The Morgan fingerprint density at radius 3 is 3.09 bits per heavy atom. The lowest BCUT2D eigenvalue weighted by Crippen LogP contribution is -2.31. The number of phenols is 1. The van der Waals surface area contributed by atoms with Gasteiger partial charge < -0.3 is 15.7 Å². The highest BCUT2D eigenvalue weighted by molar-refractivity contribution is 5.89. The zero-order valence-electron chi connectivity index (χ0n) is 13.4. The summed E-state index contributed by atoms with van der Waals surface area (Å²) in [6.07, 6.45) is 5.05. The molecule has 3 N–H and O–H groups in total. The second kappa shape index (κ2) is 6.32. The van der Waals surface area contributed by atoms with E-state index in [0.29, 0.717) is 17.4 Å². The Kier molecular flexibility index (Phi) is 4.23. The maximum atomic E-state index is 12.2. The van der Waals surface area contributed by atoms with Crippen LogP contribution in [-0.4, -0.2) is 20.9 Å². The van der Waals surface area contributed by atoms with Gasteiger partial charge in [-0.3, -0.25) is 4.68 Å². The van der Waals surface area contributed by atoms with E-state index in [0.717, 1.165) is 30.5 Å². The van der Waals surface area contributed by atoms with Crippen molar-refractivity contribution in [3.63, 3.8) is 0 Å². The zero-order chi connectivity index (χ0) is 16.4. The van der Waals surface area contributed by atoms with Gasteiger partial charge >= 0.3 is 6.03 Å². The number of aromatic nitrogens is 2. The first-order valence-electron chi connectivity index (χ1n) is 7.93. The number of nitrogens with zero attached hydrogens (tertiary/aromatic N) is 2. The van der Waals surface area contributed by atoms with Crippen LogP contribution in [0.25, 0.3) is 0 Å². The van der Waals surface area contributed by atoms with E-state index in [2.05, 4.69) is 29.6 Å². The number of amides is 2. The molecule has 0 radical (unpaired) electrons. The number of fused-ring (bicyclic) bond motifs is 1. The maximum absolute atomic E-state index is 12.2. The SMILES string of the molecule is CC(C)Cn1cc(NC(=O)NC2CCc3c(O)cccc32)cn1. The van der Waals surface area contributed by atoms with E-state index in [9.17, 15) is 9.90 Å². The summed E-state index contributed by atoms with van der Waals surface area (Å²) in [6.45, 7) is 5.06. The number of aromatic hydroxyl groups is 1. The molecule has 122 valence electrons. The third-order valence-electron chi connectivity index (χ3n) is 3.99. The van der Waals surface area contributed by atoms with Gasteiger partial charge in [0, 0.05) is 12.7 Å². The number of carbonyl (C=O) groups is 1. The van der Waals surface area contributed by atoms with Crippen LogP contribution in [0.2, 0.25) is 0 Å². The monoisotopic (exact) mass is 314 g/mol. The van der Waals surface area contributed by atoms with Gasteiger partial charge in [0.05, 0.1) is 17.9 Å². The molecule has 1 aliphatic carbocycles. The minimum Gasteiger partial charge on any atom is -0.508 e. The third-order valence-corrected chi connectivity index (χ3v) is 3.99. The van der Waals surface area contributed by atoms with Gasteiger partial charge in [0.2, 0.25) is 0 Å². The normalized spacial score (nSPS) is 16.4. The van der Waals surface area contributed by atoms with Gasteiger partial charge in [0.25, 0.3) is 0 Å². The number of hydrogen-bond acceptors (Lipinski definition) is 3. The van der Waals surface area contributed by atoms with Crippen LogP contribution in [-0.2, 0) is 13.0 Å². The van der Waals surface area contributed by atoms with Crippen molar-refractivity contribution >= 4 is 11.7 Å². The highest BCUT2D eigenvalue weighted by Crippen LogP contribution is 2.36. The molecule has 0 saturated carbocycles. The largest absolute Gasteiger partial charge is 0.508 e. The molecule has 6 heteroatoms. The molecular weight excluding hydrogens is 292 g/mol. The lowest BCUT2D eigenvalue weighted by molar-refractivity contribution is 0.248. The number of urea groups is 1. The molecule has 0 bridgehead atoms. The van der Waals surface area contributed by atoms with Gasteiger partial charge in [0.15, 0.2) is 0 Å². The average molecular weight is 314 g/mol. The molecule has 1 aromatic heterocycles. The number of phenolic OH excluding ortho intramolecular Hbond substituents is 1. The highest BCUT2D eigenvalue weighted by Gasteiger charge is 2.25. The molecule has 23 heavy (non-hydrogen) atoms. The van der Waals surface area contributed by atoms with Crippen LogP contribution in [0.3, 0.4) is 0 Å². The minimum atomic E-state index is -0.254. The first kappa shape index (κ1) is 15.4. The van der Waals surface area contributed by atoms with Crippen molar-refractivity contribution in [3.05, 3.63) is 41.7 Å². The molecule has 1 atom stereocenters. The second-order valence-corrected chi connectivity index (χ2v) is 6.38. The van der Waals surface area contributed by atoms with Gasteiger partial charge in [-0.05, 0) is 36.0 Å². The number of carbonyl (C=O) groups excluding carboxylic acids is 1. The molecule has 0 spiro atoms. The number of rotatable bonds is 4. The number of nitrogens with one attached hydrogen (secondary N) is 2. The third kappa shape index (κ3) is 3.47. The number of benzene rings is 1. The van der Waals surface area contributed by atoms with E-state index in [-0.39, 0.29) is 12.1 Å². The molecule has 0 fully saturated rings. The standard InChI is InChI=1S/C17H22N4O2/c1-11(2)9-21-10-12(8-18-21)19-17(23)20-15-7-6-14-13(15)4-3-5-16(14)22/h3-5,8,10-11,15,22H,6-7,9H2,1-2H3,(H2,19,20,23). The maximum Gasteiger partial charge on any atom is 0.319 e. The van der Waals surface area contributed by atoms with Crippen molar-refractivity contribution in [1.29, 1.82) is 0 Å². The Morgan fingerprint density at radius 1 is 1.48 bits per heavy atom. The highest BCUT2D eigenvalue weighted by atomic mass is 16.3. The molecule has 2 amide bonds. The van der Waals surface area contributed by atoms with Crippen molar-refractivity contribution in [2.45, 2.75) is 39.3 Å². The Balaban J connectivity index is 1.61. The Bertz CT molecular complexity index is 708. The summed E-state index contributed by atoms with van der Waals surface area (Å²) in [7, 11) is 0. The lowest BCUT2D eigenvalue weighted by atomic mass is 10.1.